The molecule has 40 heavy (non-hydrogen) atoms. The van der Waals surface area contributed by atoms with Gasteiger partial charge in [-0.2, -0.15) is 0 Å². The van der Waals surface area contributed by atoms with Crippen LogP contribution in [0.5, 0.6) is 5.75 Å². The summed E-state index contributed by atoms with van der Waals surface area (Å²) in [6.07, 6.45) is 10.2. The van der Waals surface area contributed by atoms with Gasteiger partial charge in [-0.3, -0.25) is 14.6 Å². The second-order valence-corrected chi connectivity index (χ2v) is 10.2. The molecule has 1 aliphatic carbocycles. The molecule has 4 N–H and O–H groups in total. The number of hydrogen-bond acceptors (Lipinski definition) is 6. The van der Waals surface area contributed by atoms with Gasteiger partial charge in [0.1, 0.15) is 0 Å². The Balaban J connectivity index is 0.000000526. The number of pyridine rings is 1. The highest BCUT2D eigenvalue weighted by atomic mass is 19.1. The maximum absolute atomic E-state index is 12.4. The molecule has 0 aliphatic heterocycles. The molecule has 1 aromatic carbocycles. The third-order valence-electron chi connectivity index (χ3n) is 6.51. The summed E-state index contributed by atoms with van der Waals surface area (Å²) in [4.78, 5) is 30.8. The summed E-state index contributed by atoms with van der Waals surface area (Å²) in [5.74, 6) is -0.497. The fourth-order valence-electron chi connectivity index (χ4n) is 4.23. The molecule has 0 saturated heterocycles. The lowest BCUT2D eigenvalue weighted by Gasteiger charge is -2.30. The Morgan fingerprint density at radius 1 is 1.18 bits per heavy atom. The lowest BCUT2D eigenvalue weighted by Crippen LogP contribution is -2.44. The number of allylic oxidation sites excluding steroid dienone is 1. The zero-order chi connectivity index (χ0) is 29.3. The maximum atomic E-state index is 12.4. The predicted octanol–water partition coefficient (Wildman–Crippen LogP) is 4.09. The first kappa shape index (κ1) is 32.8. The number of nitrogens with one attached hydrogen (secondary N) is 3. The summed E-state index contributed by atoms with van der Waals surface area (Å²) >= 11 is 0. The molecule has 2 amide bonds. The SMILES string of the molecule is CCC/C=C(\C(NCC)C1CC1)N(C)CC(=O)NCC(=O)NCCCc1ccccn1.Cc1ccc(O)c(F)c1. The van der Waals surface area contributed by atoms with Gasteiger partial charge in [0.2, 0.25) is 11.8 Å². The number of phenols is 1. The Morgan fingerprint density at radius 2 is 1.95 bits per heavy atom. The number of amides is 2. The van der Waals surface area contributed by atoms with Gasteiger partial charge < -0.3 is 26.0 Å². The molecular weight excluding hydrogens is 509 g/mol. The number of nitrogens with zero attached hydrogens (tertiary/aromatic N) is 2. The van der Waals surface area contributed by atoms with E-state index in [9.17, 15) is 14.0 Å². The van der Waals surface area contributed by atoms with Crippen molar-refractivity contribution in [1.29, 1.82) is 0 Å². The van der Waals surface area contributed by atoms with Gasteiger partial charge in [0.05, 0.1) is 13.1 Å². The third-order valence-corrected chi connectivity index (χ3v) is 6.51. The molecule has 0 radical (unpaired) electrons. The quantitative estimate of drug-likeness (QED) is 0.247. The molecule has 1 fully saturated rings. The molecule has 3 rings (SSSR count). The number of likely N-dealkylation sites (N-methyl/N-ethyl adjacent to an activating group) is 2. The lowest BCUT2D eigenvalue weighted by atomic mass is 10.1. The van der Waals surface area contributed by atoms with Crippen LogP contribution in [0.25, 0.3) is 0 Å². The molecule has 1 heterocycles. The van der Waals surface area contributed by atoms with Crippen LogP contribution in [0.2, 0.25) is 0 Å². The second kappa shape index (κ2) is 18.0. The maximum Gasteiger partial charge on any atom is 0.239 e. The van der Waals surface area contributed by atoms with E-state index in [-0.39, 0.29) is 30.7 Å². The number of aryl methyl sites for hydroxylation is 2. The normalized spacial score (nSPS) is 13.6. The molecule has 1 aliphatic rings. The first-order valence-corrected chi connectivity index (χ1v) is 14.3. The number of carbonyl (C=O) groups is 2. The van der Waals surface area contributed by atoms with Gasteiger partial charge in [-0.05, 0) is 81.3 Å². The van der Waals surface area contributed by atoms with Crippen LogP contribution in [0.3, 0.4) is 0 Å². The number of benzene rings is 1. The average molecular weight is 556 g/mol. The molecule has 0 bridgehead atoms. The van der Waals surface area contributed by atoms with Crippen molar-refractivity contribution in [2.45, 2.75) is 65.3 Å². The van der Waals surface area contributed by atoms with Gasteiger partial charge in [-0.1, -0.05) is 38.5 Å². The monoisotopic (exact) mass is 555 g/mol. The van der Waals surface area contributed by atoms with Crippen molar-refractivity contribution in [1.82, 2.24) is 25.8 Å². The van der Waals surface area contributed by atoms with E-state index in [4.69, 9.17) is 5.11 Å². The van der Waals surface area contributed by atoms with Crippen LogP contribution < -0.4 is 16.0 Å². The van der Waals surface area contributed by atoms with Gasteiger partial charge in [-0.25, -0.2) is 4.39 Å². The number of aromatic hydroxyl groups is 1. The number of unbranched alkanes of at least 4 members (excludes halogenated alkanes) is 1. The molecular formula is C31H46FN5O3. The van der Waals surface area contributed by atoms with Crippen LogP contribution in [0, 0.1) is 18.7 Å². The minimum atomic E-state index is -0.560. The van der Waals surface area contributed by atoms with E-state index in [0.717, 1.165) is 43.5 Å². The lowest BCUT2D eigenvalue weighted by molar-refractivity contribution is -0.126. The second-order valence-electron chi connectivity index (χ2n) is 10.2. The highest BCUT2D eigenvalue weighted by Gasteiger charge is 2.34. The number of carbonyl (C=O) groups excluding carboxylic acids is 2. The number of aromatic nitrogens is 1. The van der Waals surface area contributed by atoms with Crippen molar-refractivity contribution in [2.75, 3.05) is 33.2 Å². The van der Waals surface area contributed by atoms with Gasteiger partial charge in [0.15, 0.2) is 11.6 Å². The zero-order valence-electron chi connectivity index (χ0n) is 24.4. The summed E-state index contributed by atoms with van der Waals surface area (Å²) in [7, 11) is 1.96. The summed E-state index contributed by atoms with van der Waals surface area (Å²) in [5, 5.41) is 17.9. The Labute approximate surface area is 238 Å². The summed E-state index contributed by atoms with van der Waals surface area (Å²) in [5.41, 5.74) is 3.02. The first-order chi connectivity index (χ1) is 19.2. The molecule has 1 atom stereocenters. The zero-order valence-corrected chi connectivity index (χ0v) is 24.4. The Morgan fingerprint density at radius 3 is 2.55 bits per heavy atom. The fourth-order valence-corrected chi connectivity index (χ4v) is 4.23. The largest absolute Gasteiger partial charge is 0.505 e. The minimum absolute atomic E-state index is 0.00350. The Bertz CT molecular complexity index is 1080. The van der Waals surface area contributed by atoms with Crippen molar-refractivity contribution in [3.63, 3.8) is 0 Å². The summed E-state index contributed by atoms with van der Waals surface area (Å²) in [6, 6.07) is 10.4. The van der Waals surface area contributed by atoms with Crippen LogP contribution in [0.4, 0.5) is 4.39 Å². The Hall–Kier alpha value is -3.46. The molecule has 8 nitrogen and oxygen atoms in total. The average Bonchev–Trinajstić information content (AvgIpc) is 3.78. The summed E-state index contributed by atoms with van der Waals surface area (Å²) in [6.45, 7) is 7.78. The predicted molar refractivity (Wildman–Crippen MR) is 157 cm³/mol. The van der Waals surface area contributed by atoms with Crippen molar-refractivity contribution >= 4 is 11.8 Å². The number of phenolic OH excluding ortho intramolecular Hbond substituents is 1. The van der Waals surface area contributed by atoms with E-state index in [1.54, 1.807) is 19.2 Å². The van der Waals surface area contributed by atoms with Crippen molar-refractivity contribution in [3.05, 3.63) is 71.4 Å². The van der Waals surface area contributed by atoms with E-state index in [2.05, 4.69) is 40.9 Å². The van der Waals surface area contributed by atoms with Crippen molar-refractivity contribution in [2.24, 2.45) is 5.92 Å². The van der Waals surface area contributed by atoms with Crippen molar-refractivity contribution in [3.8, 4) is 5.75 Å². The molecule has 2 aromatic rings. The molecule has 1 saturated carbocycles. The first-order valence-electron chi connectivity index (χ1n) is 14.3. The van der Waals surface area contributed by atoms with Crippen LogP contribution in [-0.4, -0.2) is 66.1 Å². The topological polar surface area (TPSA) is 107 Å². The van der Waals surface area contributed by atoms with Crippen molar-refractivity contribution < 1.29 is 19.1 Å². The van der Waals surface area contributed by atoms with E-state index < -0.39 is 5.82 Å². The highest BCUT2D eigenvalue weighted by molar-refractivity contribution is 5.85. The van der Waals surface area contributed by atoms with Crippen LogP contribution in [-0.2, 0) is 16.0 Å². The van der Waals surface area contributed by atoms with Gasteiger partial charge >= 0.3 is 0 Å². The molecule has 1 unspecified atom stereocenters. The fraction of sp³-hybridized carbons (Fsp3) is 0.516. The molecule has 220 valence electrons. The molecule has 9 heteroatoms. The minimum Gasteiger partial charge on any atom is -0.505 e. The molecule has 0 spiro atoms. The van der Waals surface area contributed by atoms with Gasteiger partial charge in [-0.15, -0.1) is 0 Å². The van der Waals surface area contributed by atoms with Crippen LogP contribution in [0.1, 0.15) is 57.2 Å². The number of hydrogen-bond donors (Lipinski definition) is 4. The standard InChI is InChI=1S/C24H39N5O2.C7H7FO/c1-4-6-12-21(24(25-5-2)19-13-14-19)29(3)18-23(31)28-17-22(30)27-16-9-11-20-10-7-8-15-26-20;1-5-2-3-7(9)6(8)4-5/h7-8,10,12,15,19,24-25H,4-6,9,11,13-14,16-18H2,1-3H3,(H,27,30)(H,28,31);2-4,9H,1H3/b21-12+;. The van der Waals surface area contributed by atoms with Crippen LogP contribution in [0.15, 0.2) is 54.4 Å². The van der Waals surface area contributed by atoms with Gasteiger partial charge in [0.25, 0.3) is 0 Å². The van der Waals surface area contributed by atoms with E-state index in [1.165, 1.54) is 30.7 Å². The van der Waals surface area contributed by atoms with E-state index in [0.29, 0.717) is 18.5 Å². The van der Waals surface area contributed by atoms with E-state index in [1.807, 2.05) is 30.1 Å². The Kier molecular flexibility index (Phi) is 14.7. The van der Waals surface area contributed by atoms with Crippen LogP contribution >= 0.6 is 0 Å². The summed E-state index contributed by atoms with van der Waals surface area (Å²) < 4.78 is 12.3. The smallest absolute Gasteiger partial charge is 0.239 e. The molecule has 1 aromatic heterocycles. The highest BCUT2D eigenvalue weighted by Crippen LogP contribution is 2.36. The van der Waals surface area contributed by atoms with Gasteiger partial charge in [0, 0.05) is 37.2 Å². The number of halogens is 1. The third kappa shape index (κ3) is 12.6. The van der Waals surface area contributed by atoms with E-state index >= 15 is 0 Å². The number of rotatable bonds is 15.